The SMILES string of the molecule is CCc1nc2ccc(OC)cn2c1C=O. The average molecular weight is 204 g/mol. The second-order valence-electron chi connectivity index (χ2n) is 3.21. The molecule has 2 rings (SSSR count). The van der Waals surface area contributed by atoms with Crippen molar-refractivity contribution in [2.45, 2.75) is 13.3 Å². The molecular weight excluding hydrogens is 192 g/mol. The number of rotatable bonds is 3. The van der Waals surface area contributed by atoms with Crippen molar-refractivity contribution in [2.75, 3.05) is 7.11 Å². The van der Waals surface area contributed by atoms with Crippen molar-refractivity contribution >= 4 is 11.9 Å². The number of nitrogens with zero attached hydrogens (tertiary/aromatic N) is 2. The molecule has 4 nitrogen and oxygen atoms in total. The van der Waals surface area contributed by atoms with Gasteiger partial charge in [-0.15, -0.1) is 0 Å². The zero-order valence-corrected chi connectivity index (χ0v) is 8.73. The molecule has 15 heavy (non-hydrogen) atoms. The highest BCUT2D eigenvalue weighted by Gasteiger charge is 2.09. The van der Waals surface area contributed by atoms with E-state index in [-0.39, 0.29) is 0 Å². The maximum atomic E-state index is 11.0. The van der Waals surface area contributed by atoms with Crippen LogP contribution in [0, 0.1) is 0 Å². The van der Waals surface area contributed by atoms with Crippen LogP contribution in [-0.2, 0) is 6.42 Å². The van der Waals surface area contributed by atoms with Crippen LogP contribution in [0.5, 0.6) is 5.75 Å². The van der Waals surface area contributed by atoms with Crippen LogP contribution >= 0.6 is 0 Å². The summed E-state index contributed by atoms with van der Waals surface area (Å²) in [5, 5.41) is 0. The van der Waals surface area contributed by atoms with Crippen molar-refractivity contribution in [3.63, 3.8) is 0 Å². The van der Waals surface area contributed by atoms with E-state index in [1.807, 2.05) is 19.1 Å². The van der Waals surface area contributed by atoms with Crippen LogP contribution < -0.4 is 4.74 Å². The molecule has 0 aliphatic rings. The lowest BCUT2D eigenvalue weighted by molar-refractivity contribution is 0.111. The molecule has 0 radical (unpaired) electrons. The number of fused-ring (bicyclic) bond motifs is 1. The number of methoxy groups -OCH3 is 1. The predicted octanol–water partition coefficient (Wildman–Crippen LogP) is 1.72. The number of hydrogen-bond donors (Lipinski definition) is 0. The number of pyridine rings is 1. The summed E-state index contributed by atoms with van der Waals surface area (Å²) >= 11 is 0. The average Bonchev–Trinajstić information content (AvgIpc) is 2.65. The molecule has 0 fully saturated rings. The molecule has 0 amide bonds. The molecule has 2 aromatic rings. The van der Waals surface area contributed by atoms with E-state index in [2.05, 4.69) is 4.98 Å². The highest BCUT2D eigenvalue weighted by atomic mass is 16.5. The van der Waals surface area contributed by atoms with Crippen molar-refractivity contribution in [3.05, 3.63) is 29.7 Å². The lowest BCUT2D eigenvalue weighted by Gasteiger charge is -2.00. The van der Waals surface area contributed by atoms with Gasteiger partial charge >= 0.3 is 0 Å². The minimum Gasteiger partial charge on any atom is -0.495 e. The lowest BCUT2D eigenvalue weighted by atomic mass is 10.3. The molecule has 0 bridgehead atoms. The number of aryl methyl sites for hydroxylation is 1. The van der Waals surface area contributed by atoms with Crippen molar-refractivity contribution in [1.29, 1.82) is 0 Å². The Hall–Kier alpha value is -1.84. The van der Waals surface area contributed by atoms with Gasteiger partial charge in [-0.05, 0) is 18.6 Å². The number of imidazole rings is 1. The van der Waals surface area contributed by atoms with Crippen LogP contribution in [0.3, 0.4) is 0 Å². The van der Waals surface area contributed by atoms with E-state index in [1.165, 1.54) is 0 Å². The standard InChI is InChI=1S/C11H12N2O2/c1-3-9-10(7-14)13-6-8(15-2)4-5-11(13)12-9/h4-7H,3H2,1-2H3. The molecular formula is C11H12N2O2. The first-order chi connectivity index (χ1) is 7.30. The molecule has 2 heterocycles. The van der Waals surface area contributed by atoms with Gasteiger partial charge in [-0.3, -0.25) is 9.20 Å². The first-order valence-electron chi connectivity index (χ1n) is 4.80. The molecule has 0 atom stereocenters. The monoisotopic (exact) mass is 204 g/mol. The molecule has 0 unspecified atom stereocenters. The number of ether oxygens (including phenoxy) is 1. The van der Waals surface area contributed by atoms with Crippen LogP contribution in [0.1, 0.15) is 23.1 Å². The van der Waals surface area contributed by atoms with Gasteiger partial charge in [-0.25, -0.2) is 4.98 Å². The second kappa shape index (κ2) is 3.73. The van der Waals surface area contributed by atoms with Gasteiger partial charge in [0, 0.05) is 0 Å². The van der Waals surface area contributed by atoms with Gasteiger partial charge in [-0.1, -0.05) is 6.92 Å². The highest BCUT2D eigenvalue weighted by molar-refractivity contribution is 5.76. The largest absolute Gasteiger partial charge is 0.495 e. The Morgan fingerprint density at radius 1 is 1.53 bits per heavy atom. The maximum absolute atomic E-state index is 11.0. The minimum atomic E-state index is 0.603. The zero-order valence-electron chi connectivity index (χ0n) is 8.73. The van der Waals surface area contributed by atoms with Crippen LogP contribution in [-0.4, -0.2) is 22.8 Å². The number of aromatic nitrogens is 2. The van der Waals surface area contributed by atoms with E-state index in [4.69, 9.17) is 4.74 Å². The topological polar surface area (TPSA) is 43.6 Å². The second-order valence-corrected chi connectivity index (χ2v) is 3.21. The van der Waals surface area contributed by atoms with E-state index in [9.17, 15) is 4.79 Å². The molecule has 0 aliphatic heterocycles. The third-order valence-corrected chi connectivity index (χ3v) is 2.39. The zero-order chi connectivity index (χ0) is 10.8. The molecule has 78 valence electrons. The first kappa shape index (κ1) is 9.71. The summed E-state index contributed by atoms with van der Waals surface area (Å²) in [4.78, 5) is 15.3. The molecule has 0 aromatic carbocycles. The molecule has 0 spiro atoms. The number of carbonyl (C=O) groups excluding carboxylic acids is 1. The van der Waals surface area contributed by atoms with Crippen LogP contribution in [0.25, 0.3) is 5.65 Å². The Morgan fingerprint density at radius 2 is 2.33 bits per heavy atom. The van der Waals surface area contributed by atoms with Gasteiger partial charge in [0.05, 0.1) is 19.0 Å². The predicted molar refractivity (Wildman–Crippen MR) is 56.5 cm³/mol. The summed E-state index contributed by atoms with van der Waals surface area (Å²) in [6.07, 6.45) is 3.35. The fraction of sp³-hybridized carbons (Fsp3) is 0.273. The van der Waals surface area contributed by atoms with Crippen molar-refractivity contribution in [2.24, 2.45) is 0 Å². The van der Waals surface area contributed by atoms with Crippen LogP contribution in [0.4, 0.5) is 0 Å². The smallest absolute Gasteiger partial charge is 0.168 e. The van der Waals surface area contributed by atoms with Gasteiger partial charge in [0.25, 0.3) is 0 Å². The van der Waals surface area contributed by atoms with E-state index < -0.39 is 0 Å². The Labute approximate surface area is 87.5 Å². The summed E-state index contributed by atoms with van der Waals surface area (Å²) in [6, 6.07) is 3.67. The minimum absolute atomic E-state index is 0.603. The summed E-state index contributed by atoms with van der Waals surface area (Å²) in [6.45, 7) is 1.98. The first-order valence-corrected chi connectivity index (χ1v) is 4.80. The van der Waals surface area contributed by atoms with E-state index in [0.29, 0.717) is 11.4 Å². The third kappa shape index (κ3) is 1.48. The Kier molecular flexibility index (Phi) is 2.41. The Bertz CT molecular complexity index is 503. The summed E-state index contributed by atoms with van der Waals surface area (Å²) in [5.74, 6) is 0.714. The van der Waals surface area contributed by atoms with Crippen molar-refractivity contribution < 1.29 is 9.53 Å². The van der Waals surface area contributed by atoms with E-state index in [1.54, 1.807) is 17.7 Å². The van der Waals surface area contributed by atoms with Crippen LogP contribution in [0.2, 0.25) is 0 Å². The summed E-state index contributed by atoms with van der Waals surface area (Å²) in [5.41, 5.74) is 2.19. The Morgan fingerprint density at radius 3 is 2.93 bits per heavy atom. The van der Waals surface area contributed by atoms with E-state index >= 15 is 0 Å². The maximum Gasteiger partial charge on any atom is 0.168 e. The van der Waals surface area contributed by atoms with Gasteiger partial charge in [0.2, 0.25) is 0 Å². The van der Waals surface area contributed by atoms with Gasteiger partial charge in [0.1, 0.15) is 17.1 Å². The normalized spacial score (nSPS) is 10.5. The van der Waals surface area contributed by atoms with Crippen molar-refractivity contribution in [3.8, 4) is 5.75 Å². The highest BCUT2D eigenvalue weighted by Crippen LogP contribution is 2.16. The third-order valence-electron chi connectivity index (χ3n) is 2.39. The van der Waals surface area contributed by atoms with Gasteiger partial charge in [0.15, 0.2) is 6.29 Å². The Balaban J connectivity index is 2.73. The fourth-order valence-electron chi connectivity index (χ4n) is 1.60. The summed E-state index contributed by atoms with van der Waals surface area (Å²) < 4.78 is 6.85. The molecule has 0 saturated heterocycles. The van der Waals surface area contributed by atoms with Gasteiger partial charge in [-0.2, -0.15) is 0 Å². The molecule has 0 aliphatic carbocycles. The van der Waals surface area contributed by atoms with Gasteiger partial charge < -0.3 is 4.74 Å². The molecule has 0 N–H and O–H groups in total. The van der Waals surface area contributed by atoms with E-state index in [0.717, 1.165) is 24.0 Å². The van der Waals surface area contributed by atoms with Crippen LogP contribution in [0.15, 0.2) is 18.3 Å². The number of carbonyl (C=O) groups is 1. The molecule has 2 aromatic heterocycles. The number of aldehydes is 1. The lowest BCUT2D eigenvalue weighted by Crippen LogP contribution is -1.94. The molecule has 0 saturated carbocycles. The van der Waals surface area contributed by atoms with Crippen molar-refractivity contribution in [1.82, 2.24) is 9.38 Å². The molecule has 4 heteroatoms. The quantitative estimate of drug-likeness (QED) is 0.715. The summed E-state index contributed by atoms with van der Waals surface area (Å²) in [7, 11) is 1.60. The number of hydrogen-bond acceptors (Lipinski definition) is 3. The fourth-order valence-corrected chi connectivity index (χ4v) is 1.60.